The first-order valence-electron chi connectivity index (χ1n) is 9.04. The van der Waals surface area contributed by atoms with Gasteiger partial charge in [0, 0.05) is 27.7 Å². The van der Waals surface area contributed by atoms with Crippen molar-refractivity contribution in [1.29, 1.82) is 0 Å². The summed E-state index contributed by atoms with van der Waals surface area (Å²) in [5.41, 5.74) is 13.1. The van der Waals surface area contributed by atoms with E-state index in [1.807, 2.05) is 24.3 Å². The number of H-pyrrole nitrogens is 1. The number of carbonyl (C=O) groups is 1. The standard InChI is InChI=1S/C23H24N2O/c1-12-13(2)15(4)19-18(14(12)3)22-20(23(19,5)6)21(24-25-22)17-9-7-16(11-26)8-10-17/h7-11H,1-6H3,(H,24,25). The van der Waals surface area contributed by atoms with Gasteiger partial charge in [0.1, 0.15) is 6.29 Å². The molecular weight excluding hydrogens is 320 g/mol. The molecule has 0 aliphatic heterocycles. The summed E-state index contributed by atoms with van der Waals surface area (Å²) in [6.07, 6.45) is 0.872. The van der Waals surface area contributed by atoms with E-state index in [-0.39, 0.29) is 5.41 Å². The Bertz CT molecular complexity index is 1050. The van der Waals surface area contributed by atoms with Crippen molar-refractivity contribution in [3.63, 3.8) is 0 Å². The molecule has 1 aliphatic rings. The summed E-state index contributed by atoms with van der Waals surface area (Å²) in [4.78, 5) is 11.0. The Morgan fingerprint density at radius 1 is 0.885 bits per heavy atom. The molecule has 1 N–H and O–H groups in total. The SMILES string of the molecule is Cc1c(C)c(C)c2c(c1C)-c1[nH]nc(-c3ccc(C=O)cc3)c1C2(C)C. The first kappa shape index (κ1) is 16.8. The zero-order valence-corrected chi connectivity index (χ0v) is 16.2. The Labute approximate surface area is 154 Å². The van der Waals surface area contributed by atoms with Crippen molar-refractivity contribution < 1.29 is 4.79 Å². The summed E-state index contributed by atoms with van der Waals surface area (Å²) in [5.74, 6) is 0. The predicted molar refractivity (Wildman–Crippen MR) is 106 cm³/mol. The van der Waals surface area contributed by atoms with Gasteiger partial charge in [-0.1, -0.05) is 38.1 Å². The molecule has 1 heterocycles. The number of nitrogens with zero attached hydrogens (tertiary/aromatic N) is 1. The number of rotatable bonds is 2. The van der Waals surface area contributed by atoms with Crippen LogP contribution in [0.15, 0.2) is 24.3 Å². The van der Waals surface area contributed by atoms with Gasteiger partial charge in [-0.05, 0) is 55.5 Å². The highest BCUT2D eigenvalue weighted by molar-refractivity contribution is 5.88. The number of fused-ring (bicyclic) bond motifs is 3. The minimum atomic E-state index is -0.121. The third-order valence-electron chi connectivity index (χ3n) is 6.27. The molecule has 0 atom stereocenters. The molecule has 3 heteroatoms. The summed E-state index contributed by atoms with van der Waals surface area (Å²) in [6.45, 7) is 13.5. The molecule has 3 aromatic rings. The fourth-order valence-corrected chi connectivity index (χ4v) is 4.59. The monoisotopic (exact) mass is 344 g/mol. The fourth-order valence-electron chi connectivity index (χ4n) is 4.59. The molecule has 0 radical (unpaired) electrons. The van der Waals surface area contributed by atoms with E-state index < -0.39 is 0 Å². The topological polar surface area (TPSA) is 45.8 Å². The molecule has 0 amide bonds. The Kier molecular flexibility index (Phi) is 3.49. The van der Waals surface area contributed by atoms with Gasteiger partial charge in [0.15, 0.2) is 0 Å². The minimum absolute atomic E-state index is 0.121. The highest BCUT2D eigenvalue weighted by atomic mass is 16.1. The van der Waals surface area contributed by atoms with Gasteiger partial charge in [-0.3, -0.25) is 9.89 Å². The molecule has 0 unspecified atom stereocenters. The lowest BCUT2D eigenvalue weighted by Crippen LogP contribution is -2.18. The maximum Gasteiger partial charge on any atom is 0.150 e. The number of aromatic amines is 1. The number of aldehydes is 1. The summed E-state index contributed by atoms with van der Waals surface area (Å²) in [5, 5.41) is 7.99. The van der Waals surface area contributed by atoms with E-state index >= 15 is 0 Å². The van der Waals surface area contributed by atoms with E-state index in [1.54, 1.807) is 0 Å². The molecule has 1 aliphatic carbocycles. The molecule has 0 bridgehead atoms. The quantitative estimate of drug-likeness (QED) is 0.630. The number of aromatic nitrogens is 2. The van der Waals surface area contributed by atoms with Crippen LogP contribution in [0.5, 0.6) is 0 Å². The third kappa shape index (κ3) is 2.00. The van der Waals surface area contributed by atoms with Crippen LogP contribution in [0, 0.1) is 27.7 Å². The Balaban J connectivity index is 2.01. The molecule has 26 heavy (non-hydrogen) atoms. The molecule has 4 rings (SSSR count). The average molecular weight is 344 g/mol. The minimum Gasteiger partial charge on any atom is -0.298 e. The normalized spacial score (nSPS) is 14.2. The van der Waals surface area contributed by atoms with Gasteiger partial charge in [0.05, 0.1) is 11.4 Å². The maximum atomic E-state index is 11.0. The highest BCUT2D eigenvalue weighted by Gasteiger charge is 2.42. The third-order valence-corrected chi connectivity index (χ3v) is 6.27. The van der Waals surface area contributed by atoms with Crippen LogP contribution < -0.4 is 0 Å². The van der Waals surface area contributed by atoms with Gasteiger partial charge in [-0.25, -0.2) is 0 Å². The lowest BCUT2D eigenvalue weighted by molar-refractivity contribution is 0.112. The Morgan fingerprint density at radius 3 is 2.12 bits per heavy atom. The summed E-state index contributed by atoms with van der Waals surface area (Å²) in [7, 11) is 0. The van der Waals surface area contributed by atoms with Crippen molar-refractivity contribution in [3.05, 3.63) is 63.2 Å². The van der Waals surface area contributed by atoms with Crippen molar-refractivity contribution in [1.82, 2.24) is 10.2 Å². The van der Waals surface area contributed by atoms with E-state index in [4.69, 9.17) is 0 Å². The van der Waals surface area contributed by atoms with Crippen LogP contribution in [0.25, 0.3) is 22.5 Å². The van der Waals surface area contributed by atoms with Crippen LogP contribution in [0.4, 0.5) is 0 Å². The first-order chi connectivity index (χ1) is 12.3. The summed E-state index contributed by atoms with van der Waals surface area (Å²) in [6, 6.07) is 7.66. The van der Waals surface area contributed by atoms with E-state index in [0.717, 1.165) is 23.2 Å². The maximum absolute atomic E-state index is 11.0. The zero-order chi connectivity index (χ0) is 18.8. The van der Waals surface area contributed by atoms with E-state index in [9.17, 15) is 4.79 Å². The molecule has 0 fully saturated rings. The van der Waals surface area contributed by atoms with Crippen molar-refractivity contribution in [2.75, 3.05) is 0 Å². The number of carbonyl (C=O) groups excluding carboxylic acids is 1. The molecule has 1 aromatic heterocycles. The molecule has 0 spiro atoms. The van der Waals surface area contributed by atoms with Crippen molar-refractivity contribution >= 4 is 6.29 Å². The largest absolute Gasteiger partial charge is 0.298 e. The van der Waals surface area contributed by atoms with Crippen LogP contribution in [0.2, 0.25) is 0 Å². The summed E-state index contributed by atoms with van der Waals surface area (Å²) >= 11 is 0. The summed E-state index contributed by atoms with van der Waals surface area (Å²) < 4.78 is 0. The lowest BCUT2D eigenvalue weighted by atomic mass is 9.77. The number of benzene rings is 2. The van der Waals surface area contributed by atoms with Crippen molar-refractivity contribution in [2.24, 2.45) is 0 Å². The lowest BCUT2D eigenvalue weighted by Gasteiger charge is -2.26. The van der Waals surface area contributed by atoms with Crippen molar-refractivity contribution in [2.45, 2.75) is 47.0 Å². The molecule has 3 nitrogen and oxygen atoms in total. The van der Waals surface area contributed by atoms with Crippen molar-refractivity contribution in [3.8, 4) is 22.5 Å². The van der Waals surface area contributed by atoms with Crippen LogP contribution in [0.1, 0.15) is 57.6 Å². The van der Waals surface area contributed by atoms with Gasteiger partial charge in [0.25, 0.3) is 0 Å². The predicted octanol–water partition coefficient (Wildman–Crippen LogP) is 5.43. The van der Waals surface area contributed by atoms with Crippen LogP contribution in [-0.2, 0) is 5.41 Å². The van der Waals surface area contributed by atoms with Gasteiger partial charge in [-0.2, -0.15) is 5.10 Å². The average Bonchev–Trinajstić information content (AvgIpc) is 3.16. The number of nitrogens with one attached hydrogen (secondary N) is 1. The Morgan fingerprint density at radius 2 is 1.50 bits per heavy atom. The van der Waals surface area contributed by atoms with E-state index in [0.29, 0.717) is 5.56 Å². The number of hydrogen-bond acceptors (Lipinski definition) is 2. The van der Waals surface area contributed by atoms with Gasteiger partial charge in [0.2, 0.25) is 0 Å². The molecular formula is C23H24N2O. The molecule has 2 aromatic carbocycles. The molecule has 132 valence electrons. The van der Waals surface area contributed by atoms with Gasteiger partial charge < -0.3 is 0 Å². The second-order valence-electron chi connectivity index (χ2n) is 7.94. The van der Waals surface area contributed by atoms with E-state index in [1.165, 1.54) is 38.9 Å². The van der Waals surface area contributed by atoms with E-state index in [2.05, 4.69) is 51.7 Å². The Hall–Kier alpha value is -2.68. The second kappa shape index (κ2) is 5.41. The van der Waals surface area contributed by atoms with Gasteiger partial charge >= 0.3 is 0 Å². The smallest absolute Gasteiger partial charge is 0.150 e. The van der Waals surface area contributed by atoms with Crippen LogP contribution >= 0.6 is 0 Å². The molecule has 0 saturated carbocycles. The zero-order valence-electron chi connectivity index (χ0n) is 16.2. The highest BCUT2D eigenvalue weighted by Crippen LogP contribution is 2.54. The second-order valence-corrected chi connectivity index (χ2v) is 7.94. The fraction of sp³-hybridized carbons (Fsp3) is 0.304. The first-order valence-corrected chi connectivity index (χ1v) is 9.04. The van der Waals surface area contributed by atoms with Crippen LogP contribution in [0.3, 0.4) is 0 Å². The number of hydrogen-bond donors (Lipinski definition) is 1. The van der Waals surface area contributed by atoms with Gasteiger partial charge in [-0.15, -0.1) is 0 Å². The van der Waals surface area contributed by atoms with Crippen LogP contribution in [-0.4, -0.2) is 16.5 Å². The molecule has 0 saturated heterocycles.